The van der Waals surface area contributed by atoms with Gasteiger partial charge in [0.25, 0.3) is 5.56 Å². The first kappa shape index (κ1) is 21.0. The normalized spacial score (nSPS) is 12.1. The van der Waals surface area contributed by atoms with Crippen molar-refractivity contribution in [2.45, 2.75) is 40.2 Å². The summed E-state index contributed by atoms with van der Waals surface area (Å²) in [6, 6.07) is 15.0. The Labute approximate surface area is 185 Å². The van der Waals surface area contributed by atoms with Gasteiger partial charge >= 0.3 is 0 Å². The summed E-state index contributed by atoms with van der Waals surface area (Å²) >= 11 is 1.38. The maximum absolute atomic E-state index is 13.2. The molecule has 0 aliphatic carbocycles. The van der Waals surface area contributed by atoms with Gasteiger partial charge in [-0.1, -0.05) is 55.0 Å². The van der Waals surface area contributed by atoms with E-state index in [9.17, 15) is 9.59 Å². The standard InChI is InChI=1S/C25H25N3O2S/c1-5-21(28-22(29)13-17(4)19-8-6-7-16(3)23(19)28)24(30)27-25-26-20(14-31-25)18-11-9-15(2)10-12-18/h6-14,21H,5H2,1-4H3,(H,26,27,30). The number of pyridine rings is 1. The van der Waals surface area contributed by atoms with Crippen molar-refractivity contribution in [2.75, 3.05) is 5.32 Å². The number of benzene rings is 2. The Morgan fingerprint density at radius 3 is 2.55 bits per heavy atom. The zero-order valence-electron chi connectivity index (χ0n) is 18.1. The van der Waals surface area contributed by atoms with Crippen LogP contribution in [-0.4, -0.2) is 15.5 Å². The lowest BCUT2D eigenvalue weighted by Crippen LogP contribution is -2.33. The van der Waals surface area contributed by atoms with Crippen LogP contribution in [0.4, 0.5) is 5.13 Å². The topological polar surface area (TPSA) is 64.0 Å². The van der Waals surface area contributed by atoms with Gasteiger partial charge in [-0.2, -0.15) is 0 Å². The van der Waals surface area contributed by atoms with Crippen LogP contribution in [0.1, 0.15) is 36.1 Å². The average Bonchev–Trinajstić information content (AvgIpc) is 3.20. The largest absolute Gasteiger partial charge is 0.300 e. The number of carbonyl (C=O) groups is 1. The van der Waals surface area contributed by atoms with E-state index in [0.717, 1.165) is 33.3 Å². The molecule has 31 heavy (non-hydrogen) atoms. The lowest BCUT2D eigenvalue weighted by Gasteiger charge is -2.21. The summed E-state index contributed by atoms with van der Waals surface area (Å²) in [5.74, 6) is -0.234. The Morgan fingerprint density at radius 2 is 1.84 bits per heavy atom. The third-order valence-electron chi connectivity index (χ3n) is 5.56. The molecule has 4 aromatic rings. The number of amides is 1. The summed E-state index contributed by atoms with van der Waals surface area (Å²) < 4.78 is 1.63. The molecule has 0 bridgehead atoms. The summed E-state index contributed by atoms with van der Waals surface area (Å²) in [6.45, 7) is 7.85. The van der Waals surface area contributed by atoms with Gasteiger partial charge in [0.2, 0.25) is 5.91 Å². The Balaban J connectivity index is 1.68. The zero-order valence-corrected chi connectivity index (χ0v) is 18.9. The second kappa shape index (κ2) is 8.47. The SMILES string of the molecule is CCC(C(=O)Nc1nc(-c2ccc(C)cc2)cs1)n1c(=O)cc(C)c2cccc(C)c21. The summed E-state index contributed by atoms with van der Waals surface area (Å²) in [7, 11) is 0. The van der Waals surface area contributed by atoms with Gasteiger partial charge in [0.05, 0.1) is 11.2 Å². The van der Waals surface area contributed by atoms with E-state index >= 15 is 0 Å². The first-order chi connectivity index (χ1) is 14.9. The van der Waals surface area contributed by atoms with Crippen molar-refractivity contribution < 1.29 is 4.79 Å². The number of nitrogens with one attached hydrogen (secondary N) is 1. The third-order valence-corrected chi connectivity index (χ3v) is 6.32. The van der Waals surface area contributed by atoms with E-state index in [1.165, 1.54) is 16.9 Å². The fourth-order valence-corrected chi connectivity index (χ4v) is 4.63. The summed E-state index contributed by atoms with van der Waals surface area (Å²) in [6.07, 6.45) is 0.494. The molecule has 0 radical (unpaired) electrons. The summed E-state index contributed by atoms with van der Waals surface area (Å²) in [4.78, 5) is 30.7. The quantitative estimate of drug-likeness (QED) is 0.445. The minimum atomic E-state index is -0.622. The van der Waals surface area contributed by atoms with Crippen LogP contribution in [0, 0.1) is 20.8 Å². The number of fused-ring (bicyclic) bond motifs is 1. The minimum Gasteiger partial charge on any atom is -0.300 e. The molecular weight excluding hydrogens is 406 g/mol. The Morgan fingerprint density at radius 1 is 1.10 bits per heavy atom. The van der Waals surface area contributed by atoms with Gasteiger partial charge in [-0.25, -0.2) is 4.98 Å². The van der Waals surface area contributed by atoms with Crippen LogP contribution in [0.3, 0.4) is 0 Å². The van der Waals surface area contributed by atoms with Crippen molar-refractivity contribution in [1.82, 2.24) is 9.55 Å². The van der Waals surface area contributed by atoms with E-state index in [1.807, 2.05) is 75.5 Å². The van der Waals surface area contributed by atoms with Crippen LogP contribution in [0.5, 0.6) is 0 Å². The summed E-state index contributed by atoms with van der Waals surface area (Å²) in [5, 5.41) is 6.37. The Hall–Kier alpha value is -3.25. The van der Waals surface area contributed by atoms with E-state index in [0.29, 0.717) is 11.6 Å². The molecular formula is C25H25N3O2S. The molecule has 1 amide bonds. The van der Waals surface area contributed by atoms with Crippen molar-refractivity contribution in [3.05, 3.63) is 81.0 Å². The van der Waals surface area contributed by atoms with Crippen molar-refractivity contribution in [3.8, 4) is 11.3 Å². The minimum absolute atomic E-state index is 0.166. The van der Waals surface area contributed by atoms with Gasteiger partial charge in [-0.05, 0) is 38.3 Å². The van der Waals surface area contributed by atoms with Crippen molar-refractivity contribution in [1.29, 1.82) is 0 Å². The number of aromatic nitrogens is 2. The third kappa shape index (κ3) is 4.03. The van der Waals surface area contributed by atoms with Crippen molar-refractivity contribution >= 4 is 33.3 Å². The maximum Gasteiger partial charge on any atom is 0.252 e. The number of hydrogen-bond donors (Lipinski definition) is 1. The molecule has 0 aliphatic rings. The smallest absolute Gasteiger partial charge is 0.252 e. The van der Waals surface area contributed by atoms with E-state index in [4.69, 9.17) is 0 Å². The highest BCUT2D eigenvalue weighted by atomic mass is 32.1. The number of hydrogen-bond acceptors (Lipinski definition) is 4. The first-order valence-corrected chi connectivity index (χ1v) is 11.2. The van der Waals surface area contributed by atoms with Crippen LogP contribution >= 0.6 is 11.3 Å². The molecule has 1 N–H and O–H groups in total. The number of anilines is 1. The van der Waals surface area contributed by atoms with Crippen molar-refractivity contribution in [3.63, 3.8) is 0 Å². The molecule has 0 saturated carbocycles. The fraction of sp³-hybridized carbons (Fsp3) is 0.240. The number of para-hydroxylation sites is 1. The molecule has 6 heteroatoms. The molecule has 0 aliphatic heterocycles. The van der Waals surface area contributed by atoms with Gasteiger partial charge in [0, 0.05) is 22.4 Å². The van der Waals surface area contributed by atoms with Crippen LogP contribution in [0.2, 0.25) is 0 Å². The highest BCUT2D eigenvalue weighted by Gasteiger charge is 2.24. The summed E-state index contributed by atoms with van der Waals surface area (Å²) in [5.41, 5.74) is 5.55. The molecule has 0 saturated heterocycles. The Kier molecular flexibility index (Phi) is 5.74. The molecule has 2 aromatic carbocycles. The second-order valence-corrected chi connectivity index (χ2v) is 8.68. The highest BCUT2D eigenvalue weighted by Crippen LogP contribution is 2.28. The Bertz CT molecular complexity index is 1320. The number of nitrogens with zero attached hydrogens (tertiary/aromatic N) is 2. The van der Waals surface area contributed by atoms with Crippen LogP contribution in [-0.2, 0) is 4.79 Å². The highest BCUT2D eigenvalue weighted by molar-refractivity contribution is 7.14. The lowest BCUT2D eigenvalue weighted by molar-refractivity contribution is -0.119. The molecule has 5 nitrogen and oxygen atoms in total. The van der Waals surface area contributed by atoms with E-state index in [1.54, 1.807) is 10.6 Å². The monoisotopic (exact) mass is 431 g/mol. The maximum atomic E-state index is 13.2. The predicted molar refractivity (Wildman–Crippen MR) is 128 cm³/mol. The lowest BCUT2D eigenvalue weighted by atomic mass is 10.0. The van der Waals surface area contributed by atoms with Crippen molar-refractivity contribution in [2.24, 2.45) is 0 Å². The van der Waals surface area contributed by atoms with E-state index < -0.39 is 6.04 Å². The van der Waals surface area contributed by atoms with Gasteiger partial charge in [0.15, 0.2) is 5.13 Å². The molecule has 2 heterocycles. The second-order valence-electron chi connectivity index (χ2n) is 7.82. The predicted octanol–water partition coefficient (Wildman–Crippen LogP) is 5.64. The van der Waals surface area contributed by atoms with E-state index in [2.05, 4.69) is 10.3 Å². The number of aryl methyl sites for hydroxylation is 3. The van der Waals surface area contributed by atoms with Gasteiger partial charge in [-0.3, -0.25) is 14.2 Å². The van der Waals surface area contributed by atoms with Gasteiger partial charge < -0.3 is 5.32 Å². The van der Waals surface area contributed by atoms with Crippen LogP contribution in [0.15, 0.2) is 58.7 Å². The average molecular weight is 432 g/mol. The molecule has 4 rings (SSSR count). The first-order valence-electron chi connectivity index (χ1n) is 10.3. The molecule has 1 atom stereocenters. The van der Waals surface area contributed by atoms with Gasteiger partial charge in [-0.15, -0.1) is 11.3 Å². The number of rotatable bonds is 5. The molecule has 0 fully saturated rings. The van der Waals surface area contributed by atoms with Crippen LogP contribution in [0.25, 0.3) is 22.2 Å². The van der Waals surface area contributed by atoms with E-state index in [-0.39, 0.29) is 11.5 Å². The molecule has 2 aromatic heterocycles. The number of thiazole rings is 1. The molecule has 1 unspecified atom stereocenters. The zero-order chi connectivity index (χ0) is 22.1. The fourth-order valence-electron chi connectivity index (χ4n) is 3.91. The molecule has 0 spiro atoms. The van der Waals surface area contributed by atoms with Crippen LogP contribution < -0.4 is 10.9 Å². The number of carbonyl (C=O) groups excluding carboxylic acids is 1. The molecule has 158 valence electrons. The van der Waals surface area contributed by atoms with Gasteiger partial charge in [0.1, 0.15) is 6.04 Å².